The van der Waals surface area contributed by atoms with Gasteiger partial charge < -0.3 is 25.6 Å². The van der Waals surface area contributed by atoms with Crippen molar-refractivity contribution < 1.29 is 26.7 Å². The first-order chi connectivity index (χ1) is 22.5. The Balaban J connectivity index is 1.16. The van der Waals surface area contributed by atoms with Crippen LogP contribution in [0.15, 0.2) is 18.2 Å². The molecule has 2 bridgehead atoms. The van der Waals surface area contributed by atoms with Crippen molar-refractivity contribution in [3.63, 3.8) is 0 Å². The predicted octanol–water partition coefficient (Wildman–Crippen LogP) is 7.10. The summed E-state index contributed by atoms with van der Waals surface area (Å²) in [6.07, 6.45) is 0.510. The van der Waals surface area contributed by atoms with E-state index in [2.05, 4.69) is 20.1 Å². The largest absolute Gasteiger partial charge is 0.463 e. The molecule has 5 aliphatic rings. The second-order valence-corrected chi connectivity index (χ2v) is 15.7. The van der Waals surface area contributed by atoms with Crippen LogP contribution in [0.4, 0.5) is 32.8 Å². The number of thiophene rings is 1. The van der Waals surface area contributed by atoms with Crippen molar-refractivity contribution >= 4 is 54.7 Å². The first kappa shape index (κ1) is 30.1. The molecule has 7 nitrogen and oxygen atoms in total. The molecule has 14 heteroatoms. The SMILES string of the molecule is Nc1sc2c(F)ccc(-c3c(Cl)cc4c(N5CC6CCC(C5)N6)nc(OCC5(CN6CC7CC7C6)CC5)nc4c3F)c2c1C(F)(F)F. The van der Waals surface area contributed by atoms with E-state index >= 15 is 4.39 Å². The number of rotatable bonds is 7. The molecule has 3 N–H and O–H groups in total. The lowest BCUT2D eigenvalue weighted by Gasteiger charge is -2.34. The van der Waals surface area contributed by atoms with E-state index in [-0.39, 0.29) is 49.9 Å². The molecule has 248 valence electrons. The van der Waals surface area contributed by atoms with E-state index < -0.39 is 33.8 Å². The number of nitrogens with one attached hydrogen (secondary N) is 1. The van der Waals surface area contributed by atoms with Crippen LogP contribution in [0.3, 0.4) is 0 Å². The number of nitrogens with zero attached hydrogens (tertiary/aromatic N) is 4. The minimum absolute atomic E-state index is 0.000290. The molecule has 2 aromatic heterocycles. The number of anilines is 2. The van der Waals surface area contributed by atoms with Crippen LogP contribution in [0.1, 0.15) is 37.7 Å². The Morgan fingerprint density at radius 1 is 1.06 bits per heavy atom. The van der Waals surface area contributed by atoms with Gasteiger partial charge in [0, 0.05) is 66.6 Å². The summed E-state index contributed by atoms with van der Waals surface area (Å²) in [5, 5.41) is 2.65. The standard InChI is InChI=1S/C33H32ClF5N6OS/c34-21-8-20-27(26(36)23(21)19-3-4-22(35)28-24(19)25(29(40)47-28)33(37,38)39)42-31(43-30(20)45-11-17-1-2-18(12-45)41-17)46-14-32(5-6-32)13-44-9-15-7-16(15)10-44/h3-4,8,15-18,41H,1-2,5-7,9-14,40H2. The van der Waals surface area contributed by atoms with Crippen molar-refractivity contribution in [2.24, 2.45) is 17.3 Å². The number of ether oxygens (including phenoxy) is 1. The van der Waals surface area contributed by atoms with Crippen LogP contribution >= 0.6 is 22.9 Å². The van der Waals surface area contributed by atoms with Gasteiger partial charge in [-0.2, -0.15) is 23.1 Å². The van der Waals surface area contributed by atoms with Gasteiger partial charge in [-0.05, 0) is 61.6 Å². The quantitative estimate of drug-likeness (QED) is 0.201. The van der Waals surface area contributed by atoms with E-state index in [1.807, 2.05) is 0 Å². The highest BCUT2D eigenvalue weighted by molar-refractivity contribution is 7.23. The number of halogens is 6. The Bertz CT molecular complexity index is 1930. The number of nitrogen functional groups attached to an aromatic ring is 1. The molecule has 4 unspecified atom stereocenters. The lowest BCUT2D eigenvalue weighted by atomic mass is 9.96. The van der Waals surface area contributed by atoms with Crippen molar-refractivity contribution in [1.82, 2.24) is 20.2 Å². The molecule has 3 aliphatic heterocycles. The Kier molecular flexibility index (Phi) is 6.72. The monoisotopic (exact) mass is 690 g/mol. The number of nitrogens with two attached hydrogens (primary N) is 1. The van der Waals surface area contributed by atoms with Gasteiger partial charge >= 0.3 is 12.2 Å². The van der Waals surface area contributed by atoms with Crippen molar-refractivity contribution in [3.8, 4) is 17.1 Å². The van der Waals surface area contributed by atoms with E-state index in [1.165, 1.54) is 12.5 Å². The Labute approximate surface area is 276 Å². The lowest BCUT2D eigenvalue weighted by molar-refractivity contribution is -0.135. The van der Waals surface area contributed by atoms with E-state index in [9.17, 15) is 17.6 Å². The van der Waals surface area contributed by atoms with Gasteiger partial charge in [-0.1, -0.05) is 17.7 Å². The third-order valence-electron chi connectivity index (χ3n) is 10.8. The fourth-order valence-corrected chi connectivity index (χ4v) is 9.52. The Hall–Kier alpha value is -3.00. The Morgan fingerprint density at radius 3 is 2.47 bits per heavy atom. The smallest absolute Gasteiger partial charge is 0.419 e. The molecule has 0 radical (unpaired) electrons. The van der Waals surface area contributed by atoms with Gasteiger partial charge in [-0.15, -0.1) is 11.3 Å². The minimum atomic E-state index is -4.91. The summed E-state index contributed by atoms with van der Waals surface area (Å²) in [4.78, 5) is 13.9. The van der Waals surface area contributed by atoms with Crippen LogP contribution in [0.25, 0.3) is 32.1 Å². The number of piperidine rings is 1. The highest BCUT2D eigenvalue weighted by Crippen LogP contribution is 2.52. The second-order valence-electron chi connectivity index (χ2n) is 14.2. The summed E-state index contributed by atoms with van der Waals surface area (Å²) in [6, 6.07) is 4.13. The van der Waals surface area contributed by atoms with Crippen LogP contribution in [0.5, 0.6) is 6.01 Å². The number of likely N-dealkylation sites (tertiary alicyclic amines) is 1. The van der Waals surface area contributed by atoms with Gasteiger partial charge in [-0.25, -0.2) is 8.78 Å². The summed E-state index contributed by atoms with van der Waals surface area (Å²) in [7, 11) is 0. The average molecular weight is 691 g/mol. The van der Waals surface area contributed by atoms with Crippen LogP contribution in [-0.2, 0) is 6.18 Å². The molecule has 2 aliphatic carbocycles. The summed E-state index contributed by atoms with van der Waals surface area (Å²) >= 11 is 7.21. The first-order valence-corrected chi connectivity index (χ1v) is 17.3. The summed E-state index contributed by atoms with van der Waals surface area (Å²) in [5.74, 6) is 0.317. The molecule has 9 rings (SSSR count). The van der Waals surface area contributed by atoms with E-state index in [1.54, 1.807) is 0 Å². The zero-order chi connectivity index (χ0) is 32.4. The summed E-state index contributed by atoms with van der Waals surface area (Å²) in [6.45, 7) is 4.89. The van der Waals surface area contributed by atoms with Crippen LogP contribution < -0.4 is 20.7 Å². The topological polar surface area (TPSA) is 79.5 Å². The number of aromatic nitrogens is 2. The molecule has 5 heterocycles. The number of benzene rings is 2. The molecule has 2 saturated carbocycles. The lowest BCUT2D eigenvalue weighted by Crippen LogP contribution is -2.51. The maximum Gasteiger partial charge on any atom is 0.419 e. The number of hydrogen-bond acceptors (Lipinski definition) is 8. The zero-order valence-electron chi connectivity index (χ0n) is 25.3. The van der Waals surface area contributed by atoms with Crippen molar-refractivity contribution in [2.75, 3.05) is 50.0 Å². The predicted molar refractivity (Wildman–Crippen MR) is 172 cm³/mol. The van der Waals surface area contributed by atoms with Crippen molar-refractivity contribution in [3.05, 3.63) is 40.4 Å². The maximum atomic E-state index is 16.9. The van der Waals surface area contributed by atoms with Gasteiger partial charge in [0.25, 0.3) is 0 Å². The van der Waals surface area contributed by atoms with E-state index in [0.717, 1.165) is 69.3 Å². The molecule has 5 fully saturated rings. The molecule has 0 spiro atoms. The minimum Gasteiger partial charge on any atom is -0.463 e. The molecule has 47 heavy (non-hydrogen) atoms. The molecular formula is C33H32ClF5N6OS. The van der Waals surface area contributed by atoms with Gasteiger partial charge in [-0.3, -0.25) is 0 Å². The summed E-state index contributed by atoms with van der Waals surface area (Å²) < 4.78 is 80.4. The van der Waals surface area contributed by atoms with Crippen LogP contribution in [0, 0.1) is 28.9 Å². The fraction of sp³-hybridized carbons (Fsp3) is 0.515. The van der Waals surface area contributed by atoms with Gasteiger partial charge in [0.2, 0.25) is 0 Å². The molecule has 4 atom stereocenters. The van der Waals surface area contributed by atoms with Crippen LogP contribution in [-0.4, -0.2) is 66.3 Å². The highest BCUT2D eigenvalue weighted by Gasteiger charge is 2.51. The number of alkyl halides is 3. The van der Waals surface area contributed by atoms with E-state index in [0.29, 0.717) is 42.2 Å². The number of fused-ring (bicyclic) bond motifs is 5. The van der Waals surface area contributed by atoms with Crippen molar-refractivity contribution in [2.45, 2.75) is 50.4 Å². The maximum absolute atomic E-state index is 16.9. The van der Waals surface area contributed by atoms with Crippen LogP contribution in [0.2, 0.25) is 5.02 Å². The number of piperazine rings is 1. The first-order valence-electron chi connectivity index (χ1n) is 16.1. The Morgan fingerprint density at radius 2 is 1.79 bits per heavy atom. The third kappa shape index (κ3) is 5.10. The molecule has 2 aromatic carbocycles. The third-order valence-corrected chi connectivity index (χ3v) is 12.1. The normalized spacial score (nSPS) is 26.4. The average Bonchev–Trinajstić information content (AvgIpc) is 3.82. The zero-order valence-corrected chi connectivity index (χ0v) is 26.8. The van der Waals surface area contributed by atoms with E-state index in [4.69, 9.17) is 27.1 Å². The van der Waals surface area contributed by atoms with Gasteiger partial charge in [0.05, 0.1) is 26.9 Å². The number of hydrogen-bond donors (Lipinski definition) is 2. The van der Waals surface area contributed by atoms with Crippen molar-refractivity contribution in [1.29, 1.82) is 0 Å². The molecule has 0 amide bonds. The molecule has 3 saturated heterocycles. The van der Waals surface area contributed by atoms with Gasteiger partial charge in [0.15, 0.2) is 5.82 Å². The summed E-state index contributed by atoms with van der Waals surface area (Å²) in [5.41, 5.74) is 3.91. The van der Waals surface area contributed by atoms with Gasteiger partial charge in [0.1, 0.15) is 17.2 Å². The highest BCUT2D eigenvalue weighted by atomic mass is 35.5. The fourth-order valence-electron chi connectivity index (χ4n) is 8.20. The second kappa shape index (κ2) is 10.5. The molecule has 4 aromatic rings. The molecular weight excluding hydrogens is 659 g/mol.